The molecule has 1 aromatic rings. The molecule has 1 aromatic carbocycles. The number of sulfonamides is 1. The highest BCUT2D eigenvalue weighted by atomic mass is 35.5. The van der Waals surface area contributed by atoms with Gasteiger partial charge in [-0.25, -0.2) is 8.42 Å². The predicted octanol–water partition coefficient (Wildman–Crippen LogP) is 1.97. The Morgan fingerprint density at radius 3 is 2.58 bits per heavy atom. The van der Waals surface area contributed by atoms with Gasteiger partial charge in [-0.3, -0.25) is 0 Å². The summed E-state index contributed by atoms with van der Waals surface area (Å²) in [6, 6.07) is 4.06. The minimum absolute atomic E-state index is 0.136. The van der Waals surface area contributed by atoms with Crippen LogP contribution in [0.4, 0.5) is 5.69 Å². The lowest BCUT2D eigenvalue weighted by molar-refractivity contribution is 0.142. The van der Waals surface area contributed by atoms with Crippen LogP contribution in [0, 0.1) is 0 Å². The van der Waals surface area contributed by atoms with E-state index in [9.17, 15) is 8.42 Å². The minimum Gasteiger partial charge on any atom is -0.398 e. The molecule has 0 radical (unpaired) electrons. The summed E-state index contributed by atoms with van der Waals surface area (Å²) in [5, 5.41) is 0.233. The van der Waals surface area contributed by atoms with Gasteiger partial charge in [-0.1, -0.05) is 18.5 Å². The lowest BCUT2D eigenvalue weighted by Crippen LogP contribution is -2.40. The topological polar surface area (TPSA) is 72.6 Å². The smallest absolute Gasteiger partial charge is 0.243 e. The number of ether oxygens (including phenoxy) is 1. The van der Waals surface area contributed by atoms with Crippen molar-refractivity contribution in [3.05, 3.63) is 23.2 Å². The van der Waals surface area contributed by atoms with Crippen LogP contribution in [0.3, 0.4) is 0 Å². The summed E-state index contributed by atoms with van der Waals surface area (Å²) in [7, 11) is -2.06. The monoisotopic (exact) mass is 306 g/mol. The minimum atomic E-state index is -3.60. The molecule has 0 saturated heterocycles. The average molecular weight is 307 g/mol. The van der Waals surface area contributed by atoms with Gasteiger partial charge in [0.25, 0.3) is 0 Å². The normalized spacial score (nSPS) is 13.7. The van der Waals surface area contributed by atoms with E-state index in [1.54, 1.807) is 13.8 Å². The molecule has 0 aliphatic rings. The van der Waals surface area contributed by atoms with E-state index in [-0.39, 0.29) is 16.0 Å². The number of nitrogen functional groups attached to an aromatic ring is 1. The Bertz CT molecular complexity index is 534. The van der Waals surface area contributed by atoms with Gasteiger partial charge in [-0.2, -0.15) is 4.31 Å². The van der Waals surface area contributed by atoms with Crippen LogP contribution in [0.15, 0.2) is 23.1 Å². The summed E-state index contributed by atoms with van der Waals surface area (Å²) in [6.45, 7) is 4.26. The van der Waals surface area contributed by atoms with Crippen LogP contribution in [0.25, 0.3) is 0 Å². The Balaban J connectivity index is 3.16. The van der Waals surface area contributed by atoms with Gasteiger partial charge in [0, 0.05) is 19.7 Å². The van der Waals surface area contributed by atoms with Gasteiger partial charge in [-0.15, -0.1) is 0 Å². The summed E-state index contributed by atoms with van der Waals surface area (Å²) in [6.07, 6.45) is 0. The number of methoxy groups -OCH3 is 1. The van der Waals surface area contributed by atoms with E-state index < -0.39 is 10.0 Å². The standard InChI is InChI=1S/C12H19ClN2O3S/c1-4-15(9(2)8-18-3)19(16,17)10-5-6-12(14)11(13)7-10/h5-7,9H,4,8,14H2,1-3H3. The molecule has 5 nitrogen and oxygen atoms in total. The number of rotatable bonds is 6. The summed E-state index contributed by atoms with van der Waals surface area (Å²) in [5.74, 6) is 0. The number of likely N-dealkylation sites (N-methyl/N-ethyl adjacent to an activating group) is 1. The van der Waals surface area contributed by atoms with Gasteiger partial charge < -0.3 is 10.5 Å². The van der Waals surface area contributed by atoms with Gasteiger partial charge in [0.1, 0.15) is 0 Å². The fraction of sp³-hybridized carbons (Fsp3) is 0.500. The Kier molecular flexibility index (Phi) is 5.61. The van der Waals surface area contributed by atoms with Crippen molar-refractivity contribution in [3.63, 3.8) is 0 Å². The summed E-state index contributed by atoms with van der Waals surface area (Å²) < 4.78 is 31.4. The molecule has 0 spiro atoms. The molecule has 0 heterocycles. The average Bonchev–Trinajstić information content (AvgIpc) is 2.33. The molecule has 0 saturated carbocycles. The molecular weight excluding hydrogens is 288 g/mol. The van der Waals surface area contributed by atoms with E-state index in [0.29, 0.717) is 18.8 Å². The van der Waals surface area contributed by atoms with Crippen molar-refractivity contribution in [3.8, 4) is 0 Å². The molecule has 1 atom stereocenters. The number of halogens is 1. The highest BCUT2D eigenvalue weighted by Crippen LogP contribution is 2.25. The first-order valence-electron chi connectivity index (χ1n) is 5.90. The Morgan fingerprint density at radius 2 is 2.11 bits per heavy atom. The molecule has 1 unspecified atom stereocenters. The maximum absolute atomic E-state index is 12.5. The first-order chi connectivity index (χ1) is 8.84. The van der Waals surface area contributed by atoms with Crippen LogP contribution in [0.1, 0.15) is 13.8 Å². The van der Waals surface area contributed by atoms with Crippen molar-refractivity contribution in [1.82, 2.24) is 4.31 Å². The van der Waals surface area contributed by atoms with Crippen molar-refractivity contribution < 1.29 is 13.2 Å². The molecule has 19 heavy (non-hydrogen) atoms. The first-order valence-corrected chi connectivity index (χ1v) is 7.72. The summed E-state index contributed by atoms with van der Waals surface area (Å²) in [4.78, 5) is 0.136. The van der Waals surface area contributed by atoms with Gasteiger partial charge in [-0.05, 0) is 25.1 Å². The molecule has 0 bridgehead atoms. The summed E-state index contributed by atoms with van der Waals surface area (Å²) >= 11 is 5.88. The van der Waals surface area contributed by atoms with E-state index in [1.165, 1.54) is 29.6 Å². The van der Waals surface area contributed by atoms with E-state index in [1.807, 2.05) is 0 Å². The van der Waals surface area contributed by atoms with Crippen LogP contribution >= 0.6 is 11.6 Å². The molecule has 1 rings (SSSR count). The van der Waals surface area contributed by atoms with Crippen LogP contribution < -0.4 is 5.73 Å². The second-order valence-corrected chi connectivity index (χ2v) is 6.49. The van der Waals surface area contributed by atoms with Crippen molar-refractivity contribution in [2.75, 3.05) is 26.0 Å². The third-order valence-corrected chi connectivity index (χ3v) is 5.20. The van der Waals surface area contributed by atoms with Crippen molar-refractivity contribution in [2.24, 2.45) is 0 Å². The SMILES string of the molecule is CCN(C(C)COC)S(=O)(=O)c1ccc(N)c(Cl)c1. The highest BCUT2D eigenvalue weighted by molar-refractivity contribution is 7.89. The number of hydrogen-bond acceptors (Lipinski definition) is 4. The van der Waals surface area contributed by atoms with Gasteiger partial charge in [0.05, 0.1) is 22.2 Å². The number of nitrogens with zero attached hydrogens (tertiary/aromatic N) is 1. The lowest BCUT2D eigenvalue weighted by atomic mass is 10.3. The Morgan fingerprint density at radius 1 is 1.47 bits per heavy atom. The molecule has 7 heteroatoms. The zero-order valence-corrected chi connectivity index (χ0v) is 12.8. The molecule has 0 aliphatic carbocycles. The van der Waals surface area contributed by atoms with Crippen LogP contribution in [-0.2, 0) is 14.8 Å². The van der Waals surface area contributed by atoms with E-state index in [2.05, 4.69) is 0 Å². The fourth-order valence-corrected chi connectivity index (χ4v) is 3.74. The maximum atomic E-state index is 12.5. The predicted molar refractivity (Wildman–Crippen MR) is 76.8 cm³/mol. The van der Waals surface area contributed by atoms with Crippen molar-refractivity contribution >= 4 is 27.3 Å². The second kappa shape index (κ2) is 6.56. The molecule has 108 valence electrons. The molecule has 0 fully saturated rings. The third kappa shape index (κ3) is 3.60. The zero-order chi connectivity index (χ0) is 14.6. The van der Waals surface area contributed by atoms with Crippen LogP contribution in [-0.4, -0.2) is 39.0 Å². The first kappa shape index (κ1) is 16.2. The van der Waals surface area contributed by atoms with Crippen LogP contribution in [0.2, 0.25) is 5.02 Å². The molecular formula is C12H19ClN2O3S. The molecule has 0 aliphatic heterocycles. The van der Waals surface area contributed by atoms with Gasteiger partial charge in [0.2, 0.25) is 10.0 Å². The number of hydrogen-bond donors (Lipinski definition) is 1. The van der Waals surface area contributed by atoms with Gasteiger partial charge >= 0.3 is 0 Å². The lowest BCUT2D eigenvalue weighted by Gasteiger charge is -2.26. The van der Waals surface area contributed by atoms with Crippen molar-refractivity contribution in [2.45, 2.75) is 24.8 Å². The van der Waals surface area contributed by atoms with E-state index >= 15 is 0 Å². The molecule has 0 aromatic heterocycles. The molecule has 0 amide bonds. The number of nitrogens with two attached hydrogens (primary N) is 1. The molecule has 2 N–H and O–H groups in total. The van der Waals surface area contributed by atoms with Crippen LogP contribution in [0.5, 0.6) is 0 Å². The maximum Gasteiger partial charge on any atom is 0.243 e. The Labute approximate surface area is 119 Å². The zero-order valence-electron chi connectivity index (χ0n) is 11.3. The fourth-order valence-electron chi connectivity index (χ4n) is 1.85. The second-order valence-electron chi connectivity index (χ2n) is 4.20. The van der Waals surface area contributed by atoms with Gasteiger partial charge in [0.15, 0.2) is 0 Å². The number of anilines is 1. The Hall–Kier alpha value is -0.820. The number of benzene rings is 1. The van der Waals surface area contributed by atoms with E-state index in [0.717, 1.165) is 0 Å². The highest BCUT2D eigenvalue weighted by Gasteiger charge is 2.28. The quantitative estimate of drug-likeness (QED) is 0.816. The summed E-state index contributed by atoms with van der Waals surface area (Å²) in [5.41, 5.74) is 5.94. The van der Waals surface area contributed by atoms with Crippen molar-refractivity contribution in [1.29, 1.82) is 0 Å². The third-order valence-electron chi connectivity index (χ3n) is 2.79. The van der Waals surface area contributed by atoms with E-state index in [4.69, 9.17) is 22.1 Å². The largest absolute Gasteiger partial charge is 0.398 e.